The first kappa shape index (κ1) is 26.5. The Morgan fingerprint density at radius 1 is 0.593 bits per heavy atom. The molecule has 0 heterocycles. The third-order valence-electron chi connectivity index (χ3n) is 5.39. The lowest BCUT2D eigenvalue weighted by Crippen LogP contribution is -2.05. The molecular weight excluding hydrogens is 332 g/mol. The van der Waals surface area contributed by atoms with E-state index in [0.29, 0.717) is 13.0 Å². The van der Waals surface area contributed by atoms with E-state index in [9.17, 15) is 4.79 Å². The topological polar surface area (TPSA) is 26.3 Å². The van der Waals surface area contributed by atoms with E-state index in [1.54, 1.807) is 0 Å². The molecule has 0 atom stereocenters. The van der Waals surface area contributed by atoms with Crippen LogP contribution >= 0.6 is 0 Å². The fourth-order valence-electron chi connectivity index (χ4n) is 3.53. The van der Waals surface area contributed by atoms with Crippen LogP contribution in [0.3, 0.4) is 0 Å². The summed E-state index contributed by atoms with van der Waals surface area (Å²) in [4.78, 5) is 11.5. The Balaban J connectivity index is 3.07. The second kappa shape index (κ2) is 23.5. The van der Waals surface area contributed by atoms with Crippen LogP contribution in [0.4, 0.5) is 0 Å². The van der Waals surface area contributed by atoms with Gasteiger partial charge in [-0.25, -0.2) is 0 Å². The predicted molar refractivity (Wildman–Crippen MR) is 119 cm³/mol. The number of ether oxygens (including phenoxy) is 1. The van der Waals surface area contributed by atoms with Crippen LogP contribution in [-0.2, 0) is 9.53 Å². The van der Waals surface area contributed by atoms with Crippen molar-refractivity contribution in [1.29, 1.82) is 0 Å². The van der Waals surface area contributed by atoms with Gasteiger partial charge in [0.1, 0.15) is 0 Å². The lowest BCUT2D eigenvalue weighted by Gasteiger charge is -2.05. The molecule has 0 aromatic heterocycles. The van der Waals surface area contributed by atoms with Gasteiger partial charge in [-0.15, -0.1) is 0 Å². The van der Waals surface area contributed by atoms with E-state index < -0.39 is 0 Å². The zero-order valence-corrected chi connectivity index (χ0v) is 18.6. The molecule has 0 aliphatic heterocycles. The summed E-state index contributed by atoms with van der Waals surface area (Å²) in [5, 5.41) is 0. The maximum Gasteiger partial charge on any atom is 0.305 e. The molecule has 0 aromatic rings. The molecule has 0 fully saturated rings. The molecule has 0 amide bonds. The van der Waals surface area contributed by atoms with Crippen molar-refractivity contribution in [1.82, 2.24) is 0 Å². The van der Waals surface area contributed by atoms with Gasteiger partial charge in [0.2, 0.25) is 0 Å². The number of carbonyl (C=O) groups excluding carboxylic acids is 1. The Labute approximate surface area is 171 Å². The number of rotatable bonds is 22. The highest BCUT2D eigenvalue weighted by molar-refractivity contribution is 5.69. The summed E-state index contributed by atoms with van der Waals surface area (Å²) in [7, 11) is 0. The largest absolute Gasteiger partial charge is 0.466 e. The van der Waals surface area contributed by atoms with Crippen molar-refractivity contribution in [2.24, 2.45) is 0 Å². The van der Waals surface area contributed by atoms with Gasteiger partial charge in [-0.1, -0.05) is 129 Å². The molecular formula is C25H49O2. The highest BCUT2D eigenvalue weighted by Gasteiger charge is 2.02. The van der Waals surface area contributed by atoms with E-state index >= 15 is 0 Å². The predicted octanol–water partition coefficient (Wildman–Crippen LogP) is 8.58. The molecule has 27 heavy (non-hydrogen) atoms. The molecule has 1 radical (unpaired) electrons. The molecule has 0 saturated carbocycles. The molecule has 161 valence electrons. The standard InChI is InChI=1S/C25H49O2/c1-3-5-7-9-10-11-12-13-14-15-16-17-18-19-20-22-24-27-25(26)23-21-8-6-4-2/h2-24H2,1H3. The van der Waals surface area contributed by atoms with Crippen LogP contribution in [0.5, 0.6) is 0 Å². The summed E-state index contributed by atoms with van der Waals surface area (Å²) >= 11 is 0. The maximum absolute atomic E-state index is 11.5. The monoisotopic (exact) mass is 381 g/mol. The first-order chi connectivity index (χ1) is 13.3. The second-order valence-corrected chi connectivity index (χ2v) is 8.19. The molecule has 0 rings (SSSR count). The van der Waals surface area contributed by atoms with E-state index in [4.69, 9.17) is 4.74 Å². The van der Waals surface area contributed by atoms with Crippen molar-refractivity contribution >= 4 is 5.97 Å². The van der Waals surface area contributed by atoms with Gasteiger partial charge >= 0.3 is 5.97 Å². The van der Waals surface area contributed by atoms with Gasteiger partial charge in [-0.2, -0.15) is 0 Å². The number of carbonyl (C=O) groups is 1. The van der Waals surface area contributed by atoms with Gasteiger partial charge < -0.3 is 4.74 Å². The first-order valence-electron chi connectivity index (χ1n) is 12.3. The molecule has 0 unspecified atom stereocenters. The molecule has 0 N–H and O–H groups in total. The molecule has 2 nitrogen and oxygen atoms in total. The first-order valence-corrected chi connectivity index (χ1v) is 12.3. The van der Waals surface area contributed by atoms with E-state index in [1.165, 1.54) is 96.3 Å². The van der Waals surface area contributed by atoms with Crippen molar-refractivity contribution in [3.05, 3.63) is 6.92 Å². The normalized spacial score (nSPS) is 11.0. The van der Waals surface area contributed by atoms with Crippen LogP contribution < -0.4 is 0 Å². The van der Waals surface area contributed by atoms with Gasteiger partial charge in [0.15, 0.2) is 0 Å². The molecule has 0 aliphatic carbocycles. The summed E-state index contributed by atoms with van der Waals surface area (Å²) < 4.78 is 5.29. The fraction of sp³-hybridized carbons (Fsp3) is 0.920. The number of esters is 1. The van der Waals surface area contributed by atoms with Crippen LogP contribution in [0, 0.1) is 6.92 Å². The van der Waals surface area contributed by atoms with E-state index in [2.05, 4.69) is 13.8 Å². The minimum atomic E-state index is -0.0139. The van der Waals surface area contributed by atoms with Crippen LogP contribution in [0.25, 0.3) is 0 Å². The van der Waals surface area contributed by atoms with Crippen LogP contribution in [0.15, 0.2) is 0 Å². The Hall–Kier alpha value is -0.530. The van der Waals surface area contributed by atoms with Crippen LogP contribution in [0.2, 0.25) is 0 Å². The van der Waals surface area contributed by atoms with Gasteiger partial charge in [0, 0.05) is 6.42 Å². The van der Waals surface area contributed by atoms with Gasteiger partial charge in [0.05, 0.1) is 6.61 Å². The number of hydrogen-bond acceptors (Lipinski definition) is 2. The lowest BCUT2D eigenvalue weighted by atomic mass is 10.0. The zero-order valence-electron chi connectivity index (χ0n) is 18.6. The second-order valence-electron chi connectivity index (χ2n) is 8.19. The average Bonchev–Trinajstić information content (AvgIpc) is 2.67. The Kier molecular flexibility index (Phi) is 23.0. The minimum absolute atomic E-state index is 0.0139. The molecule has 2 heteroatoms. The van der Waals surface area contributed by atoms with E-state index in [-0.39, 0.29) is 5.97 Å². The summed E-state index contributed by atoms with van der Waals surface area (Å²) in [5.41, 5.74) is 0. The van der Waals surface area contributed by atoms with Crippen LogP contribution in [-0.4, -0.2) is 12.6 Å². The highest BCUT2D eigenvalue weighted by atomic mass is 16.5. The minimum Gasteiger partial charge on any atom is -0.466 e. The van der Waals surface area contributed by atoms with Gasteiger partial charge in [0.25, 0.3) is 0 Å². The van der Waals surface area contributed by atoms with E-state index in [1.807, 2.05) is 0 Å². The SMILES string of the molecule is [CH2]CCCCCC(=O)OCCCCCCCCCCCCCCCCCC. The molecule has 0 saturated heterocycles. The third kappa shape index (κ3) is 23.4. The summed E-state index contributed by atoms with van der Waals surface area (Å²) in [6.45, 7) is 6.71. The van der Waals surface area contributed by atoms with Crippen molar-refractivity contribution in [2.45, 2.75) is 142 Å². The smallest absolute Gasteiger partial charge is 0.305 e. The maximum atomic E-state index is 11.5. The van der Waals surface area contributed by atoms with Crippen LogP contribution in [0.1, 0.15) is 142 Å². The van der Waals surface area contributed by atoms with Gasteiger partial charge in [-0.05, 0) is 12.8 Å². The number of hydrogen-bond donors (Lipinski definition) is 0. The molecule has 0 bridgehead atoms. The zero-order chi connectivity index (χ0) is 19.8. The highest BCUT2D eigenvalue weighted by Crippen LogP contribution is 2.13. The Morgan fingerprint density at radius 3 is 1.44 bits per heavy atom. The number of unbranched alkanes of at least 4 members (excludes halogenated alkanes) is 18. The summed E-state index contributed by atoms with van der Waals surface area (Å²) in [6, 6.07) is 0. The summed E-state index contributed by atoms with van der Waals surface area (Å²) in [5.74, 6) is -0.0139. The summed E-state index contributed by atoms with van der Waals surface area (Å²) in [6.07, 6.45) is 26.7. The molecule has 0 aromatic carbocycles. The van der Waals surface area contributed by atoms with E-state index in [0.717, 1.165) is 32.1 Å². The average molecular weight is 382 g/mol. The fourth-order valence-corrected chi connectivity index (χ4v) is 3.53. The van der Waals surface area contributed by atoms with Crippen molar-refractivity contribution in [2.75, 3.05) is 6.61 Å². The molecule has 0 aliphatic rings. The Morgan fingerprint density at radius 2 is 1.00 bits per heavy atom. The van der Waals surface area contributed by atoms with Crippen molar-refractivity contribution in [3.63, 3.8) is 0 Å². The van der Waals surface area contributed by atoms with Gasteiger partial charge in [-0.3, -0.25) is 4.79 Å². The molecule has 0 spiro atoms. The van der Waals surface area contributed by atoms with Crippen molar-refractivity contribution in [3.8, 4) is 0 Å². The van der Waals surface area contributed by atoms with Crippen molar-refractivity contribution < 1.29 is 9.53 Å². The Bertz CT molecular complexity index is 288. The third-order valence-corrected chi connectivity index (χ3v) is 5.39. The lowest BCUT2D eigenvalue weighted by molar-refractivity contribution is -0.143. The quantitative estimate of drug-likeness (QED) is 0.139.